The van der Waals surface area contributed by atoms with Gasteiger partial charge in [0.05, 0.1) is 28.5 Å². The molecule has 0 saturated heterocycles. The summed E-state index contributed by atoms with van der Waals surface area (Å²) in [6.45, 7) is 1.44. The Morgan fingerprint density at radius 1 is 1.43 bits per heavy atom. The van der Waals surface area contributed by atoms with Crippen LogP contribution in [0.1, 0.15) is 22.6 Å². The lowest BCUT2D eigenvalue weighted by Gasteiger charge is -2.13. The molecule has 0 unspecified atom stereocenters. The second-order valence-electron chi connectivity index (χ2n) is 6.92. The Morgan fingerprint density at radius 2 is 2.20 bits per heavy atom. The zero-order valence-electron chi connectivity index (χ0n) is 18.4. The summed E-state index contributed by atoms with van der Waals surface area (Å²) in [7, 11) is 1.50. The highest BCUT2D eigenvalue weighted by molar-refractivity contribution is 9.10. The Balaban J connectivity index is 1.64. The maximum absolute atomic E-state index is 12.1. The van der Waals surface area contributed by atoms with E-state index in [1.807, 2.05) is 6.07 Å². The summed E-state index contributed by atoms with van der Waals surface area (Å²) < 4.78 is 16.8. The molecule has 2 heterocycles. The number of nitrogens with one attached hydrogen (secondary N) is 1. The number of methoxy groups -OCH3 is 1. The van der Waals surface area contributed by atoms with Crippen molar-refractivity contribution >= 4 is 45.3 Å². The van der Waals surface area contributed by atoms with Gasteiger partial charge in [-0.1, -0.05) is 11.6 Å². The molecule has 0 aliphatic heterocycles. The molecule has 35 heavy (non-hydrogen) atoms. The predicted octanol–water partition coefficient (Wildman–Crippen LogP) is 4.52. The summed E-state index contributed by atoms with van der Waals surface area (Å²) in [5.74, 6) is -0.0365. The monoisotopic (exact) mass is 561 g/mol. The number of aromatic nitrogens is 1. The van der Waals surface area contributed by atoms with Gasteiger partial charge in [-0.2, -0.15) is 10.4 Å². The number of hydrogen-bond acceptors (Lipinski definition) is 9. The summed E-state index contributed by atoms with van der Waals surface area (Å²) in [6, 6.07) is 9.14. The number of hydrogen-bond donors (Lipinski definition) is 1. The average molecular weight is 563 g/mol. The number of carbonyl (C=O) groups excluding carboxylic acids is 1. The first-order valence-electron chi connectivity index (χ1n) is 9.82. The van der Waals surface area contributed by atoms with Crippen molar-refractivity contribution in [1.82, 2.24) is 10.4 Å². The maximum atomic E-state index is 12.1. The van der Waals surface area contributed by atoms with E-state index in [0.717, 1.165) is 0 Å². The first-order chi connectivity index (χ1) is 16.7. The van der Waals surface area contributed by atoms with Crippen LogP contribution in [-0.4, -0.2) is 35.7 Å². The molecule has 0 aliphatic carbocycles. The molecule has 0 spiro atoms. The van der Waals surface area contributed by atoms with Gasteiger partial charge in [0.1, 0.15) is 23.2 Å². The van der Waals surface area contributed by atoms with Crippen LogP contribution in [0.5, 0.6) is 5.88 Å². The van der Waals surface area contributed by atoms with E-state index in [-0.39, 0.29) is 34.5 Å². The molecule has 0 fully saturated rings. The van der Waals surface area contributed by atoms with Gasteiger partial charge in [-0.05, 0) is 41.1 Å². The highest BCUT2D eigenvalue weighted by Crippen LogP contribution is 2.32. The van der Waals surface area contributed by atoms with Gasteiger partial charge < -0.3 is 13.9 Å². The van der Waals surface area contributed by atoms with Crippen molar-refractivity contribution < 1.29 is 23.6 Å². The topological polar surface area (TPSA) is 153 Å². The minimum atomic E-state index is -0.602. The molecule has 11 nitrogen and oxygen atoms in total. The molecule has 1 aromatic carbocycles. The molecule has 3 rings (SSSR count). The lowest BCUT2D eigenvalue weighted by molar-refractivity contribution is -0.384. The van der Waals surface area contributed by atoms with Gasteiger partial charge in [-0.25, -0.2) is 10.4 Å². The number of furan rings is 1. The highest BCUT2D eigenvalue weighted by atomic mass is 79.9. The van der Waals surface area contributed by atoms with Crippen LogP contribution >= 0.6 is 27.5 Å². The van der Waals surface area contributed by atoms with E-state index >= 15 is 0 Å². The largest absolute Gasteiger partial charge is 0.467 e. The second kappa shape index (κ2) is 11.6. The summed E-state index contributed by atoms with van der Waals surface area (Å²) in [6.07, 6.45) is 1.24. The number of aryl methyl sites for hydroxylation is 1. The number of rotatable bonds is 9. The van der Waals surface area contributed by atoms with Crippen molar-refractivity contribution in [2.75, 3.05) is 13.7 Å². The summed E-state index contributed by atoms with van der Waals surface area (Å²) in [5, 5.41) is 24.6. The van der Waals surface area contributed by atoms with Crippen molar-refractivity contribution in [3.05, 3.63) is 72.5 Å². The molecule has 0 bridgehead atoms. The number of hydrazone groups is 1. The smallest absolute Gasteiger partial charge is 0.278 e. The number of non-ortho nitro benzene ring substituents is 1. The standard InChI is InChI=1S/C22H17BrClN5O6/c1-12-21(23)17(10-33-2)16(8-25)22(27-12)34-11-20(30)28-26-9-14-4-6-19(35-14)15-7-13(29(31)32)3-5-18(15)24/h3-7,9H,10-11H2,1-2H3,(H,28,30)/b26-9-. The third-order valence-corrected chi connectivity index (χ3v) is 5.92. The van der Waals surface area contributed by atoms with Crippen LogP contribution in [0, 0.1) is 28.4 Å². The number of benzene rings is 1. The van der Waals surface area contributed by atoms with Gasteiger partial charge in [0.2, 0.25) is 5.88 Å². The van der Waals surface area contributed by atoms with Crippen molar-refractivity contribution in [3.8, 4) is 23.3 Å². The number of carbonyl (C=O) groups is 1. The summed E-state index contributed by atoms with van der Waals surface area (Å²) >= 11 is 9.50. The Morgan fingerprint density at radius 3 is 2.89 bits per heavy atom. The number of pyridine rings is 1. The minimum Gasteiger partial charge on any atom is -0.467 e. The molecule has 13 heteroatoms. The molecule has 0 aliphatic rings. The van der Waals surface area contributed by atoms with E-state index < -0.39 is 17.4 Å². The predicted molar refractivity (Wildman–Crippen MR) is 129 cm³/mol. The van der Waals surface area contributed by atoms with Gasteiger partial charge in [-0.15, -0.1) is 0 Å². The van der Waals surface area contributed by atoms with Crippen molar-refractivity contribution in [2.45, 2.75) is 13.5 Å². The summed E-state index contributed by atoms with van der Waals surface area (Å²) in [4.78, 5) is 26.8. The number of ether oxygens (including phenoxy) is 2. The number of nitro groups is 1. The zero-order valence-corrected chi connectivity index (χ0v) is 20.7. The quantitative estimate of drug-likeness (QED) is 0.227. The molecule has 1 amide bonds. The lowest BCUT2D eigenvalue weighted by atomic mass is 10.1. The van der Waals surface area contributed by atoms with Crippen LogP contribution < -0.4 is 10.2 Å². The van der Waals surface area contributed by atoms with E-state index in [9.17, 15) is 20.2 Å². The average Bonchev–Trinajstić information content (AvgIpc) is 3.29. The maximum Gasteiger partial charge on any atom is 0.278 e. The fourth-order valence-electron chi connectivity index (χ4n) is 2.93. The molecular formula is C22H17BrClN5O6. The Kier molecular flexibility index (Phi) is 8.53. The Hall–Kier alpha value is -3.79. The van der Waals surface area contributed by atoms with E-state index in [1.54, 1.807) is 19.1 Å². The second-order valence-corrected chi connectivity index (χ2v) is 8.12. The zero-order chi connectivity index (χ0) is 25.5. The SMILES string of the molecule is COCc1c(Br)c(C)nc(OCC(=O)N/N=C\c2ccc(-c3cc([N+](=O)[O-])ccc3Cl)o2)c1C#N. The van der Waals surface area contributed by atoms with Gasteiger partial charge in [-0.3, -0.25) is 14.9 Å². The van der Waals surface area contributed by atoms with Crippen LogP contribution in [0.2, 0.25) is 5.02 Å². The van der Waals surface area contributed by atoms with Crippen LogP contribution in [0.25, 0.3) is 11.3 Å². The van der Waals surface area contributed by atoms with E-state index in [1.165, 1.54) is 31.5 Å². The van der Waals surface area contributed by atoms with E-state index in [4.69, 9.17) is 25.5 Å². The third-order valence-electron chi connectivity index (χ3n) is 4.54. The number of nitriles is 1. The molecule has 0 atom stereocenters. The van der Waals surface area contributed by atoms with Crippen molar-refractivity contribution in [3.63, 3.8) is 0 Å². The first kappa shape index (κ1) is 25.8. The Labute approximate surface area is 212 Å². The molecule has 0 radical (unpaired) electrons. The van der Waals surface area contributed by atoms with Gasteiger partial charge in [0.15, 0.2) is 6.61 Å². The van der Waals surface area contributed by atoms with Gasteiger partial charge >= 0.3 is 0 Å². The molecule has 3 aromatic rings. The molecule has 1 N–H and O–H groups in total. The fourth-order valence-corrected chi connectivity index (χ4v) is 3.54. The van der Waals surface area contributed by atoms with E-state index in [2.05, 4.69) is 31.4 Å². The lowest BCUT2D eigenvalue weighted by Crippen LogP contribution is -2.25. The third kappa shape index (κ3) is 6.21. The van der Waals surface area contributed by atoms with Crippen molar-refractivity contribution in [2.24, 2.45) is 5.10 Å². The van der Waals surface area contributed by atoms with E-state index in [0.29, 0.717) is 27.1 Å². The minimum absolute atomic E-state index is 0.00360. The molecule has 2 aromatic heterocycles. The Bertz CT molecular complexity index is 1350. The number of amides is 1. The van der Waals surface area contributed by atoms with Gasteiger partial charge in [0, 0.05) is 34.8 Å². The van der Waals surface area contributed by atoms with Crippen LogP contribution in [0.3, 0.4) is 0 Å². The van der Waals surface area contributed by atoms with Crippen LogP contribution in [-0.2, 0) is 16.1 Å². The van der Waals surface area contributed by atoms with Crippen molar-refractivity contribution in [1.29, 1.82) is 5.26 Å². The number of halogens is 2. The number of nitrogens with zero attached hydrogens (tertiary/aromatic N) is 4. The summed E-state index contributed by atoms with van der Waals surface area (Å²) in [5.41, 5.74) is 3.78. The molecule has 180 valence electrons. The first-order valence-corrected chi connectivity index (χ1v) is 11.0. The van der Waals surface area contributed by atoms with Gasteiger partial charge in [0.25, 0.3) is 11.6 Å². The molecule has 0 saturated carbocycles. The van der Waals surface area contributed by atoms with Crippen LogP contribution in [0.15, 0.2) is 44.3 Å². The number of nitro benzene ring substituents is 1. The fraction of sp³-hybridized carbons (Fsp3) is 0.182. The normalized spacial score (nSPS) is 10.8. The molecular weight excluding hydrogens is 546 g/mol. The highest BCUT2D eigenvalue weighted by Gasteiger charge is 2.18. The van der Waals surface area contributed by atoms with Crippen LogP contribution in [0.4, 0.5) is 5.69 Å².